The van der Waals surface area contributed by atoms with Gasteiger partial charge in [-0.3, -0.25) is 0 Å². The van der Waals surface area contributed by atoms with Gasteiger partial charge in [0.15, 0.2) is 0 Å². The van der Waals surface area contributed by atoms with Gasteiger partial charge in [0.25, 0.3) is 0 Å². The second-order valence-corrected chi connectivity index (χ2v) is 2.87. The molecule has 0 aromatic heterocycles. The Bertz CT molecular complexity index is 263. The van der Waals surface area contributed by atoms with E-state index in [0.717, 1.165) is 0 Å². The molecule has 5 heteroatoms. The summed E-state index contributed by atoms with van der Waals surface area (Å²) < 4.78 is 10.3. The quantitative estimate of drug-likeness (QED) is 0.403. The average molecular weight is 170 g/mol. The van der Waals surface area contributed by atoms with Crippen LogP contribution in [0.1, 0.15) is 6.42 Å². The predicted molar refractivity (Wildman–Crippen MR) is 45.2 cm³/mol. The molecule has 2 N–H and O–H groups in total. The molecule has 1 aliphatic carbocycles. The van der Waals surface area contributed by atoms with E-state index in [9.17, 15) is 4.21 Å². The fourth-order valence-electron chi connectivity index (χ4n) is 0.823. The molecule has 0 amide bonds. The molecule has 0 heterocycles. The SMILES string of the molecule is O=S=C1C=C(B(O)O)C=CC1. The Balaban J connectivity index is 2.89. The summed E-state index contributed by atoms with van der Waals surface area (Å²) in [5, 5.41) is 17.4. The molecular formula is C6H7BO3S. The first-order chi connectivity index (χ1) is 5.24. The lowest BCUT2D eigenvalue weighted by atomic mass is 9.77. The Hall–Kier alpha value is -0.645. The van der Waals surface area contributed by atoms with Gasteiger partial charge in [0.1, 0.15) is 0 Å². The largest absolute Gasteiger partial charge is 0.488 e. The smallest absolute Gasteiger partial charge is 0.423 e. The van der Waals surface area contributed by atoms with Gasteiger partial charge in [-0.1, -0.05) is 12.2 Å². The van der Waals surface area contributed by atoms with Crippen LogP contribution >= 0.6 is 0 Å². The zero-order valence-electron chi connectivity index (χ0n) is 5.73. The molecule has 0 spiro atoms. The summed E-state index contributed by atoms with van der Waals surface area (Å²) in [6.07, 6.45) is 5.42. The molecule has 0 aromatic carbocycles. The Kier molecular flexibility index (Phi) is 2.81. The lowest BCUT2D eigenvalue weighted by molar-refractivity contribution is 0.420. The lowest BCUT2D eigenvalue weighted by Crippen LogP contribution is -2.16. The number of allylic oxidation sites excluding steroid dienone is 4. The third-order valence-corrected chi connectivity index (χ3v) is 1.86. The second kappa shape index (κ2) is 3.66. The molecule has 0 aliphatic heterocycles. The van der Waals surface area contributed by atoms with E-state index >= 15 is 0 Å². The van der Waals surface area contributed by atoms with Crippen molar-refractivity contribution in [3.8, 4) is 0 Å². The Morgan fingerprint density at radius 3 is 2.82 bits per heavy atom. The van der Waals surface area contributed by atoms with Gasteiger partial charge in [-0.2, -0.15) is 0 Å². The molecule has 0 saturated carbocycles. The highest BCUT2D eigenvalue weighted by Gasteiger charge is 2.14. The van der Waals surface area contributed by atoms with Gasteiger partial charge in [-0.15, -0.1) is 0 Å². The number of hydrogen-bond donors (Lipinski definition) is 2. The first kappa shape index (κ1) is 8.45. The first-order valence-electron chi connectivity index (χ1n) is 3.14. The summed E-state index contributed by atoms with van der Waals surface area (Å²) in [7, 11) is -1.48. The molecule has 1 aliphatic rings. The molecule has 0 bridgehead atoms. The van der Waals surface area contributed by atoms with Crippen LogP contribution < -0.4 is 0 Å². The van der Waals surface area contributed by atoms with Crippen LogP contribution in [-0.2, 0) is 11.3 Å². The molecule has 0 radical (unpaired) electrons. The van der Waals surface area contributed by atoms with Crippen molar-refractivity contribution in [2.24, 2.45) is 0 Å². The van der Waals surface area contributed by atoms with E-state index < -0.39 is 7.12 Å². The van der Waals surface area contributed by atoms with E-state index in [1.54, 1.807) is 12.2 Å². The van der Waals surface area contributed by atoms with E-state index in [4.69, 9.17) is 10.0 Å². The molecule has 11 heavy (non-hydrogen) atoms. The van der Waals surface area contributed by atoms with Crippen LogP contribution in [0.25, 0.3) is 0 Å². The van der Waals surface area contributed by atoms with Gasteiger partial charge < -0.3 is 10.0 Å². The maximum absolute atomic E-state index is 10.3. The first-order valence-corrected chi connectivity index (χ1v) is 3.88. The van der Waals surface area contributed by atoms with Crippen LogP contribution in [0, 0.1) is 0 Å². The monoisotopic (exact) mass is 170 g/mol. The van der Waals surface area contributed by atoms with Crippen molar-refractivity contribution in [1.29, 1.82) is 0 Å². The van der Waals surface area contributed by atoms with Gasteiger partial charge in [0.2, 0.25) is 0 Å². The van der Waals surface area contributed by atoms with E-state index in [-0.39, 0.29) is 0 Å². The van der Waals surface area contributed by atoms with Crippen molar-refractivity contribution < 1.29 is 14.3 Å². The molecular weight excluding hydrogens is 163 g/mol. The van der Waals surface area contributed by atoms with E-state index in [1.165, 1.54) is 6.08 Å². The van der Waals surface area contributed by atoms with Crippen molar-refractivity contribution in [2.45, 2.75) is 6.42 Å². The summed E-state index contributed by atoms with van der Waals surface area (Å²) in [4.78, 5) is 0.607. The topological polar surface area (TPSA) is 57.5 Å². The summed E-state index contributed by atoms with van der Waals surface area (Å²) in [6.45, 7) is 0. The lowest BCUT2D eigenvalue weighted by Gasteiger charge is -2.04. The summed E-state index contributed by atoms with van der Waals surface area (Å²) in [5.41, 5.74) is 0.370. The Morgan fingerprint density at radius 2 is 2.27 bits per heavy atom. The molecule has 0 fully saturated rings. The summed E-state index contributed by atoms with van der Waals surface area (Å²) in [5.74, 6) is 0. The highest BCUT2D eigenvalue weighted by molar-refractivity contribution is 7.67. The van der Waals surface area contributed by atoms with Crippen LogP contribution in [0.3, 0.4) is 0 Å². The fourth-order valence-corrected chi connectivity index (χ4v) is 1.17. The maximum atomic E-state index is 10.3. The highest BCUT2D eigenvalue weighted by atomic mass is 32.1. The zero-order chi connectivity index (χ0) is 8.27. The van der Waals surface area contributed by atoms with E-state index in [1.807, 2.05) is 0 Å². The highest BCUT2D eigenvalue weighted by Crippen LogP contribution is 2.07. The Labute approximate surface area is 68.3 Å². The van der Waals surface area contributed by atoms with Gasteiger partial charge in [0, 0.05) is 11.3 Å². The third kappa shape index (κ3) is 2.15. The number of hydrogen-bond acceptors (Lipinski definition) is 3. The predicted octanol–water partition coefficient (Wildman–Crippen LogP) is -0.730. The van der Waals surface area contributed by atoms with Gasteiger partial charge in [-0.05, 0) is 11.5 Å². The summed E-state index contributed by atoms with van der Waals surface area (Å²) >= 11 is 0.384. The second-order valence-electron chi connectivity index (χ2n) is 2.17. The minimum absolute atomic E-state index is 0.370. The minimum atomic E-state index is -1.48. The molecule has 0 unspecified atom stereocenters. The maximum Gasteiger partial charge on any atom is 0.488 e. The molecule has 1 rings (SSSR count). The van der Waals surface area contributed by atoms with E-state index in [0.29, 0.717) is 28.0 Å². The standard InChI is InChI=1S/C6H7BO3S/c8-7(9)5-2-1-3-6(4-5)11-10/h1-2,4,8-9H,3H2. The van der Waals surface area contributed by atoms with Gasteiger partial charge >= 0.3 is 7.12 Å². The zero-order valence-corrected chi connectivity index (χ0v) is 6.54. The minimum Gasteiger partial charge on any atom is -0.423 e. The molecule has 3 nitrogen and oxygen atoms in total. The van der Waals surface area contributed by atoms with Crippen molar-refractivity contribution in [2.75, 3.05) is 0 Å². The van der Waals surface area contributed by atoms with Crippen LogP contribution in [0.4, 0.5) is 0 Å². The van der Waals surface area contributed by atoms with Gasteiger partial charge in [-0.25, -0.2) is 4.21 Å². The fraction of sp³-hybridized carbons (Fsp3) is 0.167. The van der Waals surface area contributed by atoms with Crippen molar-refractivity contribution >= 4 is 23.2 Å². The van der Waals surface area contributed by atoms with Crippen molar-refractivity contribution in [3.63, 3.8) is 0 Å². The third-order valence-electron chi connectivity index (χ3n) is 1.36. The van der Waals surface area contributed by atoms with Crippen molar-refractivity contribution in [3.05, 3.63) is 23.7 Å². The number of rotatable bonds is 1. The molecule has 0 atom stereocenters. The van der Waals surface area contributed by atoms with Crippen molar-refractivity contribution in [1.82, 2.24) is 0 Å². The average Bonchev–Trinajstić information content (AvgIpc) is 2.05. The molecule has 0 aromatic rings. The normalized spacial score (nSPS) is 16.2. The van der Waals surface area contributed by atoms with Crippen LogP contribution in [0.2, 0.25) is 0 Å². The van der Waals surface area contributed by atoms with Crippen LogP contribution in [0.5, 0.6) is 0 Å². The summed E-state index contributed by atoms with van der Waals surface area (Å²) in [6, 6.07) is 0. The molecule has 58 valence electrons. The molecule has 0 saturated heterocycles. The van der Waals surface area contributed by atoms with Crippen LogP contribution in [0.15, 0.2) is 23.7 Å². The Morgan fingerprint density at radius 1 is 1.55 bits per heavy atom. The van der Waals surface area contributed by atoms with Crippen LogP contribution in [-0.4, -0.2) is 26.2 Å². The van der Waals surface area contributed by atoms with E-state index in [2.05, 4.69) is 0 Å². The van der Waals surface area contributed by atoms with Gasteiger partial charge in [0.05, 0.1) is 11.3 Å².